The van der Waals surface area contributed by atoms with Crippen LogP contribution in [0.3, 0.4) is 0 Å². The van der Waals surface area contributed by atoms with Gasteiger partial charge in [0.2, 0.25) is 0 Å². The van der Waals surface area contributed by atoms with Gasteiger partial charge in [0.25, 0.3) is 5.91 Å². The highest BCUT2D eigenvalue weighted by molar-refractivity contribution is 5.94. The number of hydrogen-bond donors (Lipinski definition) is 1. The molecule has 1 aromatic carbocycles. The number of methoxy groups -OCH3 is 1. The second kappa shape index (κ2) is 9.62. The maximum absolute atomic E-state index is 13.4. The number of likely N-dealkylation sites (tertiary alicyclic amines) is 1. The zero-order chi connectivity index (χ0) is 22.7. The van der Waals surface area contributed by atoms with Crippen molar-refractivity contribution >= 4 is 5.91 Å². The van der Waals surface area contributed by atoms with Crippen molar-refractivity contribution in [3.05, 3.63) is 52.3 Å². The SMILES string of the molecule is COCCN1CCCc2[nH]nc(C(=O)N3CCC(c4ccccc4C(F)(F)F)CC3)c2C1. The van der Waals surface area contributed by atoms with Gasteiger partial charge in [-0.2, -0.15) is 18.3 Å². The number of carbonyl (C=O) groups is 1. The number of ether oxygens (including phenoxy) is 1. The fraction of sp³-hybridized carbons (Fsp3) is 0.565. The zero-order valence-corrected chi connectivity index (χ0v) is 18.2. The lowest BCUT2D eigenvalue weighted by atomic mass is 9.86. The van der Waals surface area contributed by atoms with E-state index in [0.717, 1.165) is 43.3 Å². The molecule has 1 amide bonds. The predicted octanol–water partition coefficient (Wildman–Crippen LogP) is 3.84. The standard InChI is InChI=1S/C23H29F3N4O2/c1-32-14-13-29-10-4-7-20-18(15-29)21(28-27-20)22(31)30-11-8-16(9-12-30)17-5-2-3-6-19(17)23(24,25)26/h2-3,5-6,16H,4,7-15H2,1H3,(H,27,28). The van der Waals surface area contributed by atoms with Crippen LogP contribution < -0.4 is 0 Å². The van der Waals surface area contributed by atoms with Crippen molar-refractivity contribution < 1.29 is 22.7 Å². The molecule has 0 aliphatic carbocycles. The van der Waals surface area contributed by atoms with E-state index in [1.807, 2.05) is 0 Å². The minimum Gasteiger partial charge on any atom is -0.383 e. The van der Waals surface area contributed by atoms with Gasteiger partial charge in [-0.3, -0.25) is 14.8 Å². The topological polar surface area (TPSA) is 61.5 Å². The van der Waals surface area contributed by atoms with E-state index in [9.17, 15) is 18.0 Å². The first kappa shape index (κ1) is 22.8. The summed E-state index contributed by atoms with van der Waals surface area (Å²) in [5, 5.41) is 7.37. The highest BCUT2D eigenvalue weighted by Gasteiger charge is 2.36. The molecule has 2 aliphatic heterocycles. The Morgan fingerprint density at radius 3 is 2.69 bits per heavy atom. The van der Waals surface area contributed by atoms with E-state index in [4.69, 9.17) is 4.74 Å². The molecule has 1 N–H and O–H groups in total. The van der Waals surface area contributed by atoms with Crippen molar-refractivity contribution in [2.45, 2.75) is 44.3 Å². The number of aromatic amines is 1. The maximum Gasteiger partial charge on any atom is 0.416 e. The second-order valence-electron chi connectivity index (χ2n) is 8.55. The van der Waals surface area contributed by atoms with Crippen LogP contribution in [-0.2, 0) is 23.9 Å². The molecule has 0 bridgehead atoms. The summed E-state index contributed by atoms with van der Waals surface area (Å²) in [6.45, 7) is 3.84. The number of benzene rings is 1. The monoisotopic (exact) mass is 450 g/mol. The molecular formula is C23H29F3N4O2. The molecule has 0 saturated carbocycles. The van der Waals surface area contributed by atoms with E-state index in [2.05, 4.69) is 15.1 Å². The van der Waals surface area contributed by atoms with Crippen molar-refractivity contribution in [1.29, 1.82) is 0 Å². The van der Waals surface area contributed by atoms with Crippen LogP contribution in [0.5, 0.6) is 0 Å². The van der Waals surface area contributed by atoms with Gasteiger partial charge < -0.3 is 9.64 Å². The van der Waals surface area contributed by atoms with Gasteiger partial charge in [-0.15, -0.1) is 0 Å². The molecule has 0 spiro atoms. The van der Waals surface area contributed by atoms with Crippen molar-refractivity contribution in [2.75, 3.05) is 39.9 Å². The van der Waals surface area contributed by atoms with E-state index in [0.29, 0.717) is 50.3 Å². The zero-order valence-electron chi connectivity index (χ0n) is 18.2. The number of alkyl halides is 3. The fourth-order valence-electron chi connectivity index (χ4n) is 4.80. The number of carbonyl (C=O) groups excluding carboxylic acids is 1. The van der Waals surface area contributed by atoms with Crippen LogP contribution in [0.1, 0.15) is 58.1 Å². The summed E-state index contributed by atoms with van der Waals surface area (Å²) in [5.74, 6) is -0.351. The number of nitrogens with one attached hydrogen (secondary N) is 1. The van der Waals surface area contributed by atoms with Gasteiger partial charge in [0.05, 0.1) is 12.2 Å². The lowest BCUT2D eigenvalue weighted by molar-refractivity contribution is -0.138. The van der Waals surface area contributed by atoms with Gasteiger partial charge in [0.15, 0.2) is 5.69 Å². The first-order valence-corrected chi connectivity index (χ1v) is 11.1. The summed E-state index contributed by atoms with van der Waals surface area (Å²) in [5.41, 5.74) is 2.14. The van der Waals surface area contributed by atoms with Crippen LogP contribution >= 0.6 is 0 Å². The summed E-state index contributed by atoms with van der Waals surface area (Å²) < 4.78 is 45.4. The Hall–Kier alpha value is -2.39. The van der Waals surface area contributed by atoms with E-state index in [-0.39, 0.29) is 11.8 Å². The number of amides is 1. The van der Waals surface area contributed by atoms with Crippen molar-refractivity contribution in [3.63, 3.8) is 0 Å². The normalized spacial score (nSPS) is 18.4. The number of halogens is 3. The third-order valence-electron chi connectivity index (χ3n) is 6.54. The Kier molecular flexibility index (Phi) is 6.85. The molecule has 1 aromatic heterocycles. The molecule has 0 unspecified atom stereocenters. The third-order valence-corrected chi connectivity index (χ3v) is 6.54. The maximum atomic E-state index is 13.4. The van der Waals surface area contributed by atoms with Crippen LogP contribution in [0, 0.1) is 0 Å². The molecule has 1 fully saturated rings. The van der Waals surface area contributed by atoms with Gasteiger partial charge in [0.1, 0.15) is 0 Å². The number of aromatic nitrogens is 2. The molecule has 174 valence electrons. The Morgan fingerprint density at radius 1 is 1.22 bits per heavy atom. The van der Waals surface area contributed by atoms with Crippen LogP contribution in [0.4, 0.5) is 13.2 Å². The van der Waals surface area contributed by atoms with E-state index >= 15 is 0 Å². The average Bonchev–Trinajstić information content (AvgIpc) is 3.07. The minimum absolute atomic E-state index is 0.140. The summed E-state index contributed by atoms with van der Waals surface area (Å²) >= 11 is 0. The Balaban J connectivity index is 1.45. The number of nitrogens with zero attached hydrogens (tertiary/aromatic N) is 3. The Morgan fingerprint density at radius 2 is 1.97 bits per heavy atom. The third kappa shape index (κ3) is 4.83. The van der Waals surface area contributed by atoms with Crippen LogP contribution in [-0.4, -0.2) is 65.8 Å². The Labute approximate surface area is 185 Å². The van der Waals surface area contributed by atoms with Crippen LogP contribution in [0.15, 0.2) is 24.3 Å². The molecule has 6 nitrogen and oxygen atoms in total. The fourth-order valence-corrected chi connectivity index (χ4v) is 4.80. The van der Waals surface area contributed by atoms with Gasteiger partial charge in [-0.05, 0) is 49.8 Å². The molecule has 3 heterocycles. The lowest BCUT2D eigenvalue weighted by Gasteiger charge is -2.33. The number of piperidine rings is 1. The highest BCUT2D eigenvalue weighted by atomic mass is 19.4. The largest absolute Gasteiger partial charge is 0.416 e. The Bertz CT molecular complexity index is 936. The predicted molar refractivity (Wildman–Crippen MR) is 113 cm³/mol. The molecule has 4 rings (SSSR count). The van der Waals surface area contributed by atoms with Gasteiger partial charge >= 0.3 is 6.18 Å². The molecule has 2 aliphatic rings. The van der Waals surface area contributed by atoms with E-state index in [1.165, 1.54) is 6.07 Å². The summed E-state index contributed by atoms with van der Waals surface area (Å²) in [7, 11) is 1.67. The number of H-pyrrole nitrogens is 1. The van der Waals surface area contributed by atoms with Crippen LogP contribution in [0.2, 0.25) is 0 Å². The second-order valence-corrected chi connectivity index (χ2v) is 8.55. The number of fused-ring (bicyclic) bond motifs is 1. The molecule has 1 saturated heterocycles. The van der Waals surface area contributed by atoms with Gasteiger partial charge in [-0.25, -0.2) is 0 Å². The summed E-state index contributed by atoms with van der Waals surface area (Å²) in [6, 6.07) is 5.77. The molecule has 0 radical (unpaired) electrons. The number of aryl methyl sites for hydroxylation is 1. The quantitative estimate of drug-likeness (QED) is 0.752. The summed E-state index contributed by atoms with van der Waals surface area (Å²) in [6.07, 6.45) is -1.53. The smallest absolute Gasteiger partial charge is 0.383 e. The average molecular weight is 451 g/mol. The van der Waals surface area contributed by atoms with Crippen molar-refractivity contribution in [3.8, 4) is 0 Å². The molecule has 32 heavy (non-hydrogen) atoms. The summed E-state index contributed by atoms with van der Waals surface area (Å²) in [4.78, 5) is 17.3. The van der Waals surface area contributed by atoms with Gasteiger partial charge in [0, 0.05) is 44.5 Å². The minimum atomic E-state index is -4.37. The molecular weight excluding hydrogens is 421 g/mol. The molecule has 0 atom stereocenters. The first-order chi connectivity index (χ1) is 15.4. The van der Waals surface area contributed by atoms with Gasteiger partial charge in [-0.1, -0.05) is 18.2 Å². The van der Waals surface area contributed by atoms with E-state index < -0.39 is 11.7 Å². The molecule has 9 heteroatoms. The lowest BCUT2D eigenvalue weighted by Crippen LogP contribution is -2.39. The van der Waals surface area contributed by atoms with Crippen molar-refractivity contribution in [2.24, 2.45) is 0 Å². The van der Waals surface area contributed by atoms with Crippen molar-refractivity contribution in [1.82, 2.24) is 20.0 Å². The molecule has 2 aromatic rings. The first-order valence-electron chi connectivity index (χ1n) is 11.1. The van der Waals surface area contributed by atoms with Crippen LogP contribution in [0.25, 0.3) is 0 Å². The number of hydrogen-bond acceptors (Lipinski definition) is 4. The van der Waals surface area contributed by atoms with E-state index in [1.54, 1.807) is 24.1 Å². The highest BCUT2D eigenvalue weighted by Crippen LogP contribution is 2.38. The number of rotatable bonds is 5.